The van der Waals surface area contributed by atoms with Crippen LogP contribution in [0.25, 0.3) is 0 Å². The third kappa shape index (κ3) is 11.7. The van der Waals surface area contributed by atoms with Gasteiger partial charge in [0.25, 0.3) is 0 Å². The van der Waals surface area contributed by atoms with Crippen LogP contribution in [0, 0.1) is 5.92 Å². The first-order valence-corrected chi connectivity index (χ1v) is 6.96. The molecule has 1 atom stereocenters. The lowest BCUT2D eigenvalue weighted by atomic mass is 10.0. The lowest BCUT2D eigenvalue weighted by molar-refractivity contribution is 0.570. The lowest BCUT2D eigenvalue weighted by Gasteiger charge is -2.02. The summed E-state index contributed by atoms with van der Waals surface area (Å²) in [5, 5.41) is 0. The second-order valence-corrected chi connectivity index (χ2v) is 4.78. The minimum Gasteiger partial charge on any atom is -0.0885 e. The number of allylic oxidation sites excluding steroid dienone is 2. The average Bonchev–Trinajstić information content (AvgIpc) is 2.26. The van der Waals surface area contributed by atoms with Gasteiger partial charge < -0.3 is 0 Å². The van der Waals surface area contributed by atoms with Gasteiger partial charge in [-0.3, -0.25) is 0 Å². The van der Waals surface area contributed by atoms with Crippen molar-refractivity contribution in [3.63, 3.8) is 0 Å². The smallest absolute Gasteiger partial charge is 0.0325 e. The fourth-order valence-electron chi connectivity index (χ4n) is 1.66. The number of hydrogen-bond donors (Lipinski definition) is 0. The third-order valence-corrected chi connectivity index (χ3v) is 3.13. The Bertz CT molecular complexity index is 135. The van der Waals surface area contributed by atoms with Crippen molar-refractivity contribution < 1.29 is 0 Å². The number of rotatable bonds is 10. The van der Waals surface area contributed by atoms with Gasteiger partial charge in [-0.05, 0) is 25.2 Å². The summed E-state index contributed by atoms with van der Waals surface area (Å²) < 4.78 is 0. The summed E-state index contributed by atoms with van der Waals surface area (Å²) >= 11 is 0. The molecule has 0 heteroatoms. The van der Waals surface area contributed by atoms with E-state index in [1.165, 1.54) is 57.8 Å². The lowest BCUT2D eigenvalue weighted by Crippen LogP contribution is -1.87. The van der Waals surface area contributed by atoms with Gasteiger partial charge in [-0.25, -0.2) is 0 Å². The average molecular weight is 210 g/mol. The predicted molar refractivity (Wildman–Crippen MR) is 71.2 cm³/mol. The number of hydrogen-bond acceptors (Lipinski definition) is 0. The van der Waals surface area contributed by atoms with Crippen molar-refractivity contribution in [1.29, 1.82) is 0 Å². The van der Waals surface area contributed by atoms with Gasteiger partial charge in [-0.1, -0.05) is 71.4 Å². The molecule has 15 heavy (non-hydrogen) atoms. The molecule has 0 aliphatic rings. The Morgan fingerprint density at radius 3 is 2.20 bits per heavy atom. The molecule has 0 saturated heterocycles. The highest BCUT2D eigenvalue weighted by Gasteiger charge is 1.93. The van der Waals surface area contributed by atoms with Crippen LogP contribution in [0.1, 0.15) is 78.6 Å². The van der Waals surface area contributed by atoms with Crippen LogP contribution in [-0.2, 0) is 0 Å². The Kier molecular flexibility index (Phi) is 11.6. The first kappa shape index (κ1) is 14.7. The second kappa shape index (κ2) is 11.8. The van der Waals surface area contributed by atoms with Crippen molar-refractivity contribution >= 4 is 0 Å². The van der Waals surface area contributed by atoms with Gasteiger partial charge in [-0.15, -0.1) is 0 Å². The van der Waals surface area contributed by atoms with Crippen molar-refractivity contribution in [2.75, 3.05) is 0 Å². The zero-order valence-electron chi connectivity index (χ0n) is 11.1. The van der Waals surface area contributed by atoms with Crippen LogP contribution in [0.15, 0.2) is 12.2 Å². The first-order chi connectivity index (χ1) is 7.31. The normalized spacial score (nSPS) is 13.5. The molecule has 0 spiro atoms. The van der Waals surface area contributed by atoms with E-state index >= 15 is 0 Å². The summed E-state index contributed by atoms with van der Waals surface area (Å²) in [7, 11) is 0. The Morgan fingerprint density at radius 2 is 1.53 bits per heavy atom. The highest BCUT2D eigenvalue weighted by molar-refractivity contribution is 4.82. The van der Waals surface area contributed by atoms with Crippen molar-refractivity contribution in [3.05, 3.63) is 12.2 Å². The molecule has 1 unspecified atom stereocenters. The van der Waals surface area contributed by atoms with Crippen LogP contribution in [0.4, 0.5) is 0 Å². The van der Waals surface area contributed by atoms with Gasteiger partial charge in [0.2, 0.25) is 0 Å². The van der Waals surface area contributed by atoms with Crippen molar-refractivity contribution in [2.24, 2.45) is 5.92 Å². The summed E-state index contributed by atoms with van der Waals surface area (Å²) in [6.07, 6.45) is 17.1. The van der Waals surface area contributed by atoms with E-state index in [0.29, 0.717) is 0 Å². The molecule has 0 bridgehead atoms. The van der Waals surface area contributed by atoms with Gasteiger partial charge in [-0.2, -0.15) is 0 Å². The summed E-state index contributed by atoms with van der Waals surface area (Å²) in [5.41, 5.74) is 0. The number of unbranched alkanes of at least 4 members (excludes halogenated alkanes) is 6. The zero-order valence-corrected chi connectivity index (χ0v) is 11.1. The highest BCUT2D eigenvalue weighted by Crippen LogP contribution is 2.09. The van der Waals surface area contributed by atoms with Crippen molar-refractivity contribution in [2.45, 2.75) is 78.6 Å². The Balaban J connectivity index is 3.09. The minimum atomic E-state index is 0.866. The van der Waals surface area contributed by atoms with E-state index < -0.39 is 0 Å². The molecule has 90 valence electrons. The van der Waals surface area contributed by atoms with Crippen LogP contribution in [0.2, 0.25) is 0 Å². The van der Waals surface area contributed by atoms with E-state index in [1.54, 1.807) is 0 Å². The third-order valence-electron chi connectivity index (χ3n) is 3.13. The highest BCUT2D eigenvalue weighted by atomic mass is 14.0. The molecule has 0 aromatic carbocycles. The van der Waals surface area contributed by atoms with E-state index in [-0.39, 0.29) is 0 Å². The molecule has 0 radical (unpaired) electrons. The van der Waals surface area contributed by atoms with E-state index in [4.69, 9.17) is 0 Å². The monoisotopic (exact) mass is 210 g/mol. The minimum absolute atomic E-state index is 0.866. The molecular weight excluding hydrogens is 180 g/mol. The zero-order chi connectivity index (χ0) is 11.4. The topological polar surface area (TPSA) is 0 Å². The Labute approximate surface area is 97.2 Å². The molecule has 0 heterocycles. The Hall–Kier alpha value is -0.260. The van der Waals surface area contributed by atoms with Crippen LogP contribution < -0.4 is 0 Å². The molecule has 0 fully saturated rings. The van der Waals surface area contributed by atoms with E-state index in [1.807, 2.05) is 0 Å². The van der Waals surface area contributed by atoms with Crippen LogP contribution in [0.5, 0.6) is 0 Å². The second-order valence-electron chi connectivity index (χ2n) is 4.78. The fourth-order valence-corrected chi connectivity index (χ4v) is 1.66. The molecule has 0 N–H and O–H groups in total. The standard InChI is InChI=1S/C15H30/c1-4-6-7-8-9-10-11-12-13-14-15(3)5-2/h12-13,15H,4-11,14H2,1-3H3/b13-12+. The predicted octanol–water partition coefficient (Wildman–Crippen LogP) is 5.73. The Morgan fingerprint density at radius 1 is 0.867 bits per heavy atom. The summed E-state index contributed by atoms with van der Waals surface area (Å²) in [6, 6.07) is 0. The molecule has 0 aromatic rings. The van der Waals surface area contributed by atoms with Crippen LogP contribution >= 0.6 is 0 Å². The molecule has 0 rings (SSSR count). The summed E-state index contributed by atoms with van der Waals surface area (Å²) in [4.78, 5) is 0. The fraction of sp³-hybridized carbons (Fsp3) is 0.867. The summed E-state index contributed by atoms with van der Waals surface area (Å²) in [6.45, 7) is 6.87. The van der Waals surface area contributed by atoms with Crippen LogP contribution in [-0.4, -0.2) is 0 Å². The van der Waals surface area contributed by atoms with Crippen molar-refractivity contribution in [1.82, 2.24) is 0 Å². The molecule has 0 saturated carbocycles. The van der Waals surface area contributed by atoms with Gasteiger partial charge in [0.1, 0.15) is 0 Å². The molecule has 0 amide bonds. The van der Waals surface area contributed by atoms with Gasteiger partial charge in [0.05, 0.1) is 0 Å². The molecular formula is C15H30. The van der Waals surface area contributed by atoms with E-state index in [0.717, 1.165) is 5.92 Å². The van der Waals surface area contributed by atoms with Crippen LogP contribution in [0.3, 0.4) is 0 Å². The molecule has 0 aliphatic heterocycles. The SMILES string of the molecule is CCCCCCCC/C=C/CC(C)CC. The quantitative estimate of drug-likeness (QED) is 0.319. The van der Waals surface area contributed by atoms with Gasteiger partial charge in [0, 0.05) is 0 Å². The molecule has 0 aromatic heterocycles. The maximum Gasteiger partial charge on any atom is -0.0325 e. The molecule has 0 nitrogen and oxygen atoms in total. The van der Waals surface area contributed by atoms with E-state index in [2.05, 4.69) is 32.9 Å². The first-order valence-electron chi connectivity index (χ1n) is 6.96. The maximum atomic E-state index is 2.38. The largest absolute Gasteiger partial charge is 0.0885 e. The van der Waals surface area contributed by atoms with E-state index in [9.17, 15) is 0 Å². The van der Waals surface area contributed by atoms with Gasteiger partial charge >= 0.3 is 0 Å². The van der Waals surface area contributed by atoms with Gasteiger partial charge in [0.15, 0.2) is 0 Å². The summed E-state index contributed by atoms with van der Waals surface area (Å²) in [5.74, 6) is 0.866. The van der Waals surface area contributed by atoms with Crippen molar-refractivity contribution in [3.8, 4) is 0 Å². The maximum absolute atomic E-state index is 2.38. The molecule has 0 aliphatic carbocycles.